The molecule has 0 N–H and O–H groups in total. The molecule has 1 atom stereocenters. The van der Waals surface area contributed by atoms with Crippen LogP contribution >= 0.6 is 0 Å². The van der Waals surface area contributed by atoms with E-state index < -0.39 is 6.10 Å². The molecule has 0 aliphatic heterocycles. The third-order valence-electron chi connectivity index (χ3n) is 15.0. The van der Waals surface area contributed by atoms with E-state index in [0.717, 1.165) is 96.3 Å². The Bertz CT molecular complexity index is 1640. The summed E-state index contributed by atoms with van der Waals surface area (Å²) in [5.41, 5.74) is 0. The van der Waals surface area contributed by atoms with Gasteiger partial charge in [-0.2, -0.15) is 0 Å². The summed E-state index contributed by atoms with van der Waals surface area (Å²) >= 11 is 0. The Morgan fingerprint density at radius 3 is 0.780 bits per heavy atom. The Hall–Kier alpha value is -3.93. The van der Waals surface area contributed by atoms with Crippen LogP contribution in [0.4, 0.5) is 0 Å². The largest absolute Gasteiger partial charge is 0.462 e. The van der Waals surface area contributed by atoms with Gasteiger partial charge in [0.05, 0.1) is 0 Å². The van der Waals surface area contributed by atoms with Gasteiger partial charge in [0.1, 0.15) is 13.2 Å². The third kappa shape index (κ3) is 66.9. The summed E-state index contributed by atoms with van der Waals surface area (Å²) in [6, 6.07) is 0. The highest BCUT2D eigenvalue weighted by atomic mass is 16.6. The van der Waals surface area contributed by atoms with Crippen LogP contribution in [0, 0.1) is 0 Å². The van der Waals surface area contributed by atoms with Gasteiger partial charge < -0.3 is 14.2 Å². The molecule has 0 saturated carbocycles. The monoisotopic (exact) mass is 1140 g/mol. The van der Waals surface area contributed by atoms with Gasteiger partial charge in [-0.1, -0.05) is 323 Å². The van der Waals surface area contributed by atoms with E-state index in [9.17, 15) is 14.4 Å². The Kier molecular flexibility index (Phi) is 66.2. The van der Waals surface area contributed by atoms with Gasteiger partial charge in [0.15, 0.2) is 6.10 Å². The molecule has 0 aliphatic carbocycles. The molecule has 1 unspecified atom stereocenters. The van der Waals surface area contributed by atoms with Crippen molar-refractivity contribution in [1.82, 2.24) is 0 Å². The molecule has 0 rings (SSSR count). The fraction of sp³-hybridized carbons (Fsp3) is 0.724. The zero-order valence-corrected chi connectivity index (χ0v) is 54.0. The van der Waals surface area contributed by atoms with E-state index in [2.05, 4.69) is 130 Å². The van der Waals surface area contributed by atoms with Gasteiger partial charge in [-0.15, -0.1) is 0 Å². The summed E-state index contributed by atoms with van der Waals surface area (Å²) in [6.07, 6.45) is 95.5. The molecule has 470 valence electrons. The number of ether oxygens (including phenoxy) is 3. The Morgan fingerprint density at radius 2 is 0.488 bits per heavy atom. The smallest absolute Gasteiger partial charge is 0.306 e. The number of carbonyl (C=O) groups is 3. The van der Waals surface area contributed by atoms with Crippen LogP contribution in [0.15, 0.2) is 109 Å². The molecule has 0 amide bonds. The summed E-state index contributed by atoms with van der Waals surface area (Å²) in [6.45, 7) is 6.50. The number of carbonyl (C=O) groups excluding carboxylic acids is 3. The van der Waals surface area contributed by atoms with Crippen LogP contribution in [0.25, 0.3) is 0 Å². The first-order valence-electron chi connectivity index (χ1n) is 34.9. The average molecular weight is 1140 g/mol. The molecular formula is C76H130O6. The molecule has 0 saturated heterocycles. The minimum absolute atomic E-state index is 0.0984. The van der Waals surface area contributed by atoms with Crippen molar-refractivity contribution in [3.8, 4) is 0 Å². The van der Waals surface area contributed by atoms with E-state index in [1.807, 2.05) is 0 Å². The van der Waals surface area contributed by atoms with E-state index in [1.165, 1.54) is 193 Å². The lowest BCUT2D eigenvalue weighted by atomic mass is 10.0. The van der Waals surface area contributed by atoms with E-state index in [-0.39, 0.29) is 37.5 Å². The van der Waals surface area contributed by atoms with Gasteiger partial charge in [0, 0.05) is 19.3 Å². The Balaban J connectivity index is 4.31. The number of rotatable bonds is 63. The van der Waals surface area contributed by atoms with Crippen molar-refractivity contribution in [3.63, 3.8) is 0 Å². The maximum absolute atomic E-state index is 12.9. The van der Waals surface area contributed by atoms with Crippen molar-refractivity contribution in [2.45, 2.75) is 341 Å². The molecular weight excluding hydrogens is 1010 g/mol. The predicted molar refractivity (Wildman–Crippen MR) is 357 cm³/mol. The quantitative estimate of drug-likeness (QED) is 0.0261. The second-order valence-electron chi connectivity index (χ2n) is 23.1. The number of esters is 3. The van der Waals surface area contributed by atoms with Crippen LogP contribution in [0.5, 0.6) is 0 Å². The van der Waals surface area contributed by atoms with Crippen molar-refractivity contribution in [1.29, 1.82) is 0 Å². The molecule has 0 aliphatic rings. The molecule has 0 bridgehead atoms. The average Bonchev–Trinajstić information content (AvgIpc) is 3.47. The second-order valence-corrected chi connectivity index (χ2v) is 23.1. The molecule has 0 heterocycles. The van der Waals surface area contributed by atoms with Crippen molar-refractivity contribution in [2.24, 2.45) is 0 Å². The number of hydrogen-bond donors (Lipinski definition) is 0. The maximum atomic E-state index is 12.9. The molecule has 6 heteroatoms. The molecule has 0 radical (unpaired) electrons. The van der Waals surface area contributed by atoms with Crippen LogP contribution in [0.2, 0.25) is 0 Å². The van der Waals surface area contributed by atoms with Gasteiger partial charge in [-0.05, 0) is 103 Å². The summed E-state index contributed by atoms with van der Waals surface area (Å²) in [4.78, 5) is 38.3. The molecule has 0 spiro atoms. The summed E-state index contributed by atoms with van der Waals surface area (Å²) in [7, 11) is 0. The normalized spacial score (nSPS) is 12.8. The van der Waals surface area contributed by atoms with Crippen LogP contribution in [-0.2, 0) is 28.6 Å². The topological polar surface area (TPSA) is 78.9 Å². The van der Waals surface area contributed by atoms with Crippen LogP contribution in [0.1, 0.15) is 335 Å². The second kappa shape index (κ2) is 69.6. The van der Waals surface area contributed by atoms with E-state index >= 15 is 0 Å². The van der Waals surface area contributed by atoms with Crippen LogP contribution < -0.4 is 0 Å². The summed E-state index contributed by atoms with van der Waals surface area (Å²) in [5, 5.41) is 0. The molecule has 6 nitrogen and oxygen atoms in total. The molecule has 0 fully saturated rings. The first-order valence-corrected chi connectivity index (χ1v) is 34.9. The van der Waals surface area contributed by atoms with Crippen LogP contribution in [0.3, 0.4) is 0 Å². The fourth-order valence-corrected chi connectivity index (χ4v) is 9.82. The van der Waals surface area contributed by atoms with Gasteiger partial charge in [-0.25, -0.2) is 0 Å². The zero-order valence-electron chi connectivity index (χ0n) is 54.0. The highest BCUT2D eigenvalue weighted by Crippen LogP contribution is 2.17. The standard InChI is InChI=1S/C76H130O6/c1-4-7-10-13-16-19-22-25-27-29-31-33-35-36-37-38-39-40-42-43-45-47-49-51-54-57-60-63-66-69-75(78)81-72-73(71-80-74(77)68-65-62-59-56-53-24-21-18-15-12-9-6-3)82-76(79)70-67-64-61-58-55-52-50-48-46-44-41-34-32-30-28-26-23-20-17-14-11-8-5-2/h8,11,17,20,22,25-26,28-29,31-32,34,44,46,50,52,58,61,73H,4-7,9-10,12-16,18-19,21,23-24,27,30,33,35-43,45,47-49,51,53-57,59-60,62-72H2,1-3H3/b11-8-,20-17-,25-22-,28-26-,31-29-,34-32-,46-44-,52-50-,61-58-. The Morgan fingerprint density at radius 1 is 0.256 bits per heavy atom. The van der Waals surface area contributed by atoms with Gasteiger partial charge in [0.2, 0.25) is 0 Å². The minimum Gasteiger partial charge on any atom is -0.462 e. The molecule has 0 aromatic heterocycles. The highest BCUT2D eigenvalue weighted by Gasteiger charge is 2.19. The van der Waals surface area contributed by atoms with Gasteiger partial charge >= 0.3 is 17.9 Å². The number of unbranched alkanes of at least 4 members (excludes halogenated alkanes) is 34. The van der Waals surface area contributed by atoms with E-state index in [4.69, 9.17) is 14.2 Å². The lowest BCUT2D eigenvalue weighted by Crippen LogP contribution is -2.30. The van der Waals surface area contributed by atoms with Crippen molar-refractivity contribution in [3.05, 3.63) is 109 Å². The van der Waals surface area contributed by atoms with Crippen molar-refractivity contribution >= 4 is 17.9 Å². The zero-order chi connectivity index (χ0) is 59.2. The van der Waals surface area contributed by atoms with Crippen molar-refractivity contribution in [2.75, 3.05) is 13.2 Å². The highest BCUT2D eigenvalue weighted by molar-refractivity contribution is 5.71. The van der Waals surface area contributed by atoms with E-state index in [1.54, 1.807) is 0 Å². The molecule has 0 aromatic rings. The lowest BCUT2D eigenvalue weighted by molar-refractivity contribution is -0.167. The Labute approximate surface area is 508 Å². The number of allylic oxidation sites excluding steroid dienone is 18. The van der Waals surface area contributed by atoms with E-state index in [0.29, 0.717) is 19.3 Å². The van der Waals surface area contributed by atoms with Crippen molar-refractivity contribution < 1.29 is 28.6 Å². The summed E-state index contributed by atoms with van der Waals surface area (Å²) in [5.74, 6) is -0.946. The first-order chi connectivity index (χ1) is 40.5. The fourth-order valence-electron chi connectivity index (χ4n) is 9.82. The minimum atomic E-state index is -0.809. The maximum Gasteiger partial charge on any atom is 0.306 e. The third-order valence-corrected chi connectivity index (χ3v) is 15.0. The van der Waals surface area contributed by atoms with Gasteiger partial charge in [-0.3, -0.25) is 14.4 Å². The summed E-state index contributed by atoms with van der Waals surface area (Å²) < 4.78 is 16.9. The lowest BCUT2D eigenvalue weighted by Gasteiger charge is -2.18. The molecule has 0 aromatic carbocycles. The van der Waals surface area contributed by atoms with Crippen LogP contribution in [-0.4, -0.2) is 37.2 Å². The van der Waals surface area contributed by atoms with Gasteiger partial charge in [0.25, 0.3) is 0 Å². The first kappa shape index (κ1) is 78.1. The SMILES string of the molecule is CC/C=C\C/C=C\C/C=C\C/C=C\C/C=C\C/C=C\C/C=C\CCCC(=O)OC(COC(=O)CCCCCCCCCCCCCC)COC(=O)CCCCCCCCCCCCCCCCCCC/C=C\C/C=C\CCCCCCC. The number of hydrogen-bond acceptors (Lipinski definition) is 6. The predicted octanol–water partition coefficient (Wildman–Crippen LogP) is 24.2. The molecule has 82 heavy (non-hydrogen) atoms.